The second kappa shape index (κ2) is 5.35. The minimum Gasteiger partial charge on any atom is -0.361 e. The van der Waals surface area contributed by atoms with Gasteiger partial charge in [0.15, 0.2) is 0 Å². The van der Waals surface area contributed by atoms with Gasteiger partial charge in [-0.05, 0) is 60.2 Å². The number of hydrogen-bond donors (Lipinski definition) is 1. The highest BCUT2D eigenvalue weighted by Gasteiger charge is 2.38. The molecule has 2 aliphatic rings. The zero-order chi connectivity index (χ0) is 16.1. The molecule has 2 aromatic heterocycles. The molecule has 2 aliphatic heterocycles. The quantitative estimate of drug-likeness (QED) is 0.788. The number of anilines is 1. The van der Waals surface area contributed by atoms with Crippen LogP contribution in [0.3, 0.4) is 0 Å². The van der Waals surface area contributed by atoms with Crippen LogP contribution in [-0.4, -0.2) is 48.1 Å². The molecule has 0 amide bonds. The van der Waals surface area contributed by atoms with Crippen LogP contribution in [0.2, 0.25) is 0 Å². The SMILES string of the molecule is CN1CC2CN(c3ccc(-c4ccc5[nH]ccc5c4)cn3)CC2C1. The normalized spacial score (nSPS) is 24.0. The minimum atomic E-state index is 0.812. The molecule has 3 aromatic rings. The van der Waals surface area contributed by atoms with Crippen LogP contribution < -0.4 is 4.90 Å². The zero-order valence-electron chi connectivity index (χ0n) is 13.9. The van der Waals surface area contributed by atoms with E-state index in [1.807, 2.05) is 12.4 Å². The molecule has 24 heavy (non-hydrogen) atoms. The van der Waals surface area contributed by atoms with Crippen molar-refractivity contribution in [1.82, 2.24) is 14.9 Å². The summed E-state index contributed by atoms with van der Waals surface area (Å²) >= 11 is 0. The fourth-order valence-corrected chi connectivity index (χ4v) is 4.39. The number of nitrogens with one attached hydrogen (secondary N) is 1. The number of rotatable bonds is 2. The van der Waals surface area contributed by atoms with Gasteiger partial charge < -0.3 is 14.8 Å². The number of H-pyrrole nitrogens is 1. The average Bonchev–Trinajstić information content (AvgIpc) is 3.28. The predicted molar refractivity (Wildman–Crippen MR) is 98.2 cm³/mol. The van der Waals surface area contributed by atoms with E-state index in [0.717, 1.165) is 30.7 Å². The van der Waals surface area contributed by atoms with Gasteiger partial charge in [0.1, 0.15) is 5.82 Å². The molecule has 4 nitrogen and oxygen atoms in total. The Labute approximate surface area is 142 Å². The lowest BCUT2D eigenvalue weighted by Crippen LogP contribution is -2.27. The van der Waals surface area contributed by atoms with Gasteiger partial charge in [-0.25, -0.2) is 4.98 Å². The van der Waals surface area contributed by atoms with E-state index in [0.29, 0.717) is 0 Å². The summed E-state index contributed by atoms with van der Waals surface area (Å²) in [5, 5.41) is 1.24. The molecule has 1 aromatic carbocycles. The Morgan fingerprint density at radius 2 is 1.75 bits per heavy atom. The van der Waals surface area contributed by atoms with Gasteiger partial charge in [0, 0.05) is 49.7 Å². The maximum atomic E-state index is 4.76. The summed E-state index contributed by atoms with van der Waals surface area (Å²) in [6, 6.07) is 13.0. The first kappa shape index (κ1) is 14.1. The van der Waals surface area contributed by atoms with Crippen molar-refractivity contribution in [2.24, 2.45) is 11.8 Å². The molecule has 2 saturated heterocycles. The van der Waals surface area contributed by atoms with Crippen molar-refractivity contribution >= 4 is 16.7 Å². The molecule has 4 heteroatoms. The second-order valence-electron chi connectivity index (χ2n) is 7.33. The number of likely N-dealkylation sites (tertiary alicyclic amines) is 1. The molecule has 122 valence electrons. The summed E-state index contributed by atoms with van der Waals surface area (Å²) in [5.74, 6) is 2.75. The van der Waals surface area contributed by atoms with Gasteiger partial charge in [-0.1, -0.05) is 6.07 Å². The summed E-state index contributed by atoms with van der Waals surface area (Å²) in [6.07, 6.45) is 4.00. The highest BCUT2D eigenvalue weighted by molar-refractivity contribution is 5.84. The number of benzene rings is 1. The molecule has 0 bridgehead atoms. The van der Waals surface area contributed by atoms with E-state index in [9.17, 15) is 0 Å². The molecule has 0 radical (unpaired) electrons. The minimum absolute atomic E-state index is 0.812. The number of hydrogen-bond acceptors (Lipinski definition) is 3. The van der Waals surface area contributed by atoms with E-state index in [1.54, 1.807) is 0 Å². The highest BCUT2D eigenvalue weighted by Crippen LogP contribution is 2.33. The van der Waals surface area contributed by atoms with Crippen molar-refractivity contribution < 1.29 is 0 Å². The first-order valence-corrected chi connectivity index (χ1v) is 8.73. The van der Waals surface area contributed by atoms with Crippen LogP contribution in [0, 0.1) is 11.8 Å². The van der Waals surface area contributed by atoms with Gasteiger partial charge in [0.2, 0.25) is 0 Å². The van der Waals surface area contributed by atoms with Gasteiger partial charge in [0.05, 0.1) is 0 Å². The third kappa shape index (κ3) is 2.29. The van der Waals surface area contributed by atoms with Gasteiger partial charge in [-0.15, -0.1) is 0 Å². The third-order valence-corrected chi connectivity index (χ3v) is 5.63. The number of aromatic nitrogens is 2. The number of nitrogens with zero attached hydrogens (tertiary/aromatic N) is 3. The Morgan fingerprint density at radius 1 is 0.958 bits per heavy atom. The first-order chi connectivity index (χ1) is 11.8. The lowest BCUT2D eigenvalue weighted by Gasteiger charge is -2.20. The van der Waals surface area contributed by atoms with E-state index >= 15 is 0 Å². The molecular weight excluding hydrogens is 296 g/mol. The largest absolute Gasteiger partial charge is 0.361 e. The van der Waals surface area contributed by atoms with Gasteiger partial charge >= 0.3 is 0 Å². The molecule has 2 fully saturated rings. The lowest BCUT2D eigenvalue weighted by atomic mass is 10.0. The summed E-state index contributed by atoms with van der Waals surface area (Å²) in [5.41, 5.74) is 3.58. The average molecular weight is 318 g/mol. The summed E-state index contributed by atoms with van der Waals surface area (Å²) in [6.45, 7) is 4.76. The van der Waals surface area contributed by atoms with Crippen LogP contribution in [0.25, 0.3) is 22.0 Å². The highest BCUT2D eigenvalue weighted by atomic mass is 15.3. The first-order valence-electron chi connectivity index (χ1n) is 8.73. The van der Waals surface area contributed by atoms with Crippen LogP contribution in [0.5, 0.6) is 0 Å². The lowest BCUT2D eigenvalue weighted by molar-refractivity contribution is 0.387. The molecule has 2 unspecified atom stereocenters. The fraction of sp³-hybridized carbons (Fsp3) is 0.350. The Kier molecular flexibility index (Phi) is 3.13. The van der Waals surface area contributed by atoms with Crippen molar-refractivity contribution in [3.05, 3.63) is 48.8 Å². The molecular formula is C20H22N4. The van der Waals surface area contributed by atoms with Crippen LogP contribution >= 0.6 is 0 Å². The topological polar surface area (TPSA) is 35.2 Å². The van der Waals surface area contributed by atoms with Gasteiger partial charge in [0.25, 0.3) is 0 Å². The smallest absolute Gasteiger partial charge is 0.128 e. The Bertz CT molecular complexity index is 853. The molecule has 5 rings (SSSR count). The predicted octanol–water partition coefficient (Wildman–Crippen LogP) is 3.23. The van der Waals surface area contributed by atoms with Crippen molar-refractivity contribution in [3.8, 4) is 11.1 Å². The molecule has 1 N–H and O–H groups in total. The molecule has 0 spiro atoms. The molecule has 0 aliphatic carbocycles. The standard InChI is InChI=1S/C20H22N4/c1-23-10-17-12-24(13-18(17)11-23)20-5-3-16(9-22-20)14-2-4-19-15(8-14)6-7-21-19/h2-9,17-18,21H,10-13H2,1H3. The Balaban J connectivity index is 1.37. The number of fused-ring (bicyclic) bond motifs is 2. The van der Waals surface area contributed by atoms with Crippen LogP contribution in [0.4, 0.5) is 5.82 Å². The number of aromatic amines is 1. The molecule has 4 heterocycles. The van der Waals surface area contributed by atoms with E-state index in [1.165, 1.54) is 35.1 Å². The maximum Gasteiger partial charge on any atom is 0.128 e. The monoisotopic (exact) mass is 318 g/mol. The number of pyridine rings is 1. The van der Waals surface area contributed by atoms with Crippen molar-refractivity contribution in [3.63, 3.8) is 0 Å². The Morgan fingerprint density at radius 3 is 2.50 bits per heavy atom. The Hall–Kier alpha value is -2.33. The third-order valence-electron chi connectivity index (χ3n) is 5.63. The molecule has 2 atom stereocenters. The van der Waals surface area contributed by atoms with E-state index in [-0.39, 0.29) is 0 Å². The zero-order valence-corrected chi connectivity index (χ0v) is 13.9. The van der Waals surface area contributed by atoms with Crippen LogP contribution in [0.15, 0.2) is 48.8 Å². The maximum absolute atomic E-state index is 4.76. The van der Waals surface area contributed by atoms with E-state index in [4.69, 9.17) is 4.98 Å². The summed E-state index contributed by atoms with van der Waals surface area (Å²) in [7, 11) is 2.23. The summed E-state index contributed by atoms with van der Waals surface area (Å²) < 4.78 is 0. The van der Waals surface area contributed by atoms with Gasteiger partial charge in [-0.3, -0.25) is 0 Å². The van der Waals surface area contributed by atoms with E-state index in [2.05, 4.69) is 58.2 Å². The van der Waals surface area contributed by atoms with Gasteiger partial charge in [-0.2, -0.15) is 0 Å². The van der Waals surface area contributed by atoms with E-state index < -0.39 is 0 Å². The second-order valence-corrected chi connectivity index (χ2v) is 7.33. The summed E-state index contributed by atoms with van der Waals surface area (Å²) in [4.78, 5) is 12.9. The molecule has 0 saturated carbocycles. The van der Waals surface area contributed by atoms with Crippen molar-refractivity contribution in [2.75, 3.05) is 38.1 Å². The fourth-order valence-electron chi connectivity index (χ4n) is 4.39. The van der Waals surface area contributed by atoms with Crippen molar-refractivity contribution in [1.29, 1.82) is 0 Å². The van der Waals surface area contributed by atoms with Crippen LogP contribution in [0.1, 0.15) is 0 Å². The van der Waals surface area contributed by atoms with Crippen LogP contribution in [-0.2, 0) is 0 Å². The van der Waals surface area contributed by atoms with Crippen molar-refractivity contribution in [2.45, 2.75) is 0 Å².